The summed E-state index contributed by atoms with van der Waals surface area (Å²) < 4.78 is 1.74. The van der Waals surface area contributed by atoms with E-state index in [1.807, 2.05) is 19.1 Å². The van der Waals surface area contributed by atoms with Crippen molar-refractivity contribution in [1.82, 2.24) is 25.4 Å². The molecule has 0 bridgehead atoms. The molecule has 8 heteroatoms. The van der Waals surface area contributed by atoms with E-state index in [0.29, 0.717) is 24.5 Å². The molecule has 2 aromatic heterocycles. The van der Waals surface area contributed by atoms with Gasteiger partial charge in [-0.1, -0.05) is 0 Å². The standard InChI is InChI=1S/C17H20N6O2/c1-11-8-12(9-14-13(11)10-20-22-14)21-17(25)19-6-5-18-16(24)15-4-3-7-23(15)2/h3-4,7-10H,5-6H2,1-2H3,(H,18,24)(H,20,22)(H2,19,21,25). The Bertz CT molecular complexity index is 911. The Morgan fingerprint density at radius 2 is 2.04 bits per heavy atom. The lowest BCUT2D eigenvalue weighted by Gasteiger charge is -2.10. The zero-order valence-electron chi connectivity index (χ0n) is 14.1. The first-order valence-electron chi connectivity index (χ1n) is 7.92. The van der Waals surface area contributed by atoms with Gasteiger partial charge in [-0.3, -0.25) is 9.89 Å². The molecule has 0 saturated heterocycles. The first-order valence-corrected chi connectivity index (χ1v) is 7.92. The van der Waals surface area contributed by atoms with E-state index in [9.17, 15) is 9.59 Å². The maximum absolute atomic E-state index is 12.0. The van der Waals surface area contributed by atoms with Crippen LogP contribution in [0.25, 0.3) is 10.9 Å². The van der Waals surface area contributed by atoms with Crippen LogP contribution in [-0.2, 0) is 7.05 Å². The molecule has 0 aliphatic heterocycles. The number of fused-ring (bicyclic) bond motifs is 1. The Hall–Kier alpha value is -3.29. The number of aryl methyl sites for hydroxylation is 2. The van der Waals surface area contributed by atoms with E-state index in [4.69, 9.17) is 0 Å². The number of aromatic amines is 1. The quantitative estimate of drug-likeness (QED) is 0.532. The molecule has 25 heavy (non-hydrogen) atoms. The molecule has 0 unspecified atom stereocenters. The van der Waals surface area contributed by atoms with E-state index in [0.717, 1.165) is 16.5 Å². The molecule has 4 N–H and O–H groups in total. The van der Waals surface area contributed by atoms with Crippen molar-refractivity contribution in [3.63, 3.8) is 0 Å². The highest BCUT2D eigenvalue weighted by atomic mass is 16.2. The van der Waals surface area contributed by atoms with Gasteiger partial charge in [0, 0.05) is 37.4 Å². The predicted molar refractivity (Wildman–Crippen MR) is 95.6 cm³/mol. The molecule has 3 amide bonds. The lowest BCUT2D eigenvalue weighted by molar-refractivity contribution is 0.0946. The molecular formula is C17H20N6O2. The highest BCUT2D eigenvalue weighted by molar-refractivity contribution is 5.94. The second kappa shape index (κ2) is 7.08. The number of benzene rings is 1. The summed E-state index contributed by atoms with van der Waals surface area (Å²) in [7, 11) is 1.80. The summed E-state index contributed by atoms with van der Waals surface area (Å²) in [6.45, 7) is 2.63. The van der Waals surface area contributed by atoms with Gasteiger partial charge in [-0.15, -0.1) is 0 Å². The molecule has 3 rings (SSSR count). The van der Waals surface area contributed by atoms with Gasteiger partial charge in [0.25, 0.3) is 5.91 Å². The Kier molecular flexibility index (Phi) is 4.69. The van der Waals surface area contributed by atoms with Crippen LogP contribution in [0.2, 0.25) is 0 Å². The monoisotopic (exact) mass is 340 g/mol. The van der Waals surface area contributed by atoms with Gasteiger partial charge in [0.2, 0.25) is 0 Å². The molecular weight excluding hydrogens is 320 g/mol. The van der Waals surface area contributed by atoms with Gasteiger partial charge < -0.3 is 20.5 Å². The summed E-state index contributed by atoms with van der Waals surface area (Å²) in [6.07, 6.45) is 3.56. The van der Waals surface area contributed by atoms with E-state index in [-0.39, 0.29) is 11.9 Å². The SMILES string of the molecule is Cc1cc(NC(=O)NCCNC(=O)c2cccn2C)cc2[nH]ncc12. The van der Waals surface area contributed by atoms with Crippen molar-refractivity contribution in [3.05, 3.63) is 47.9 Å². The van der Waals surface area contributed by atoms with E-state index in [1.165, 1.54) is 0 Å². The van der Waals surface area contributed by atoms with Gasteiger partial charge in [-0.2, -0.15) is 5.10 Å². The van der Waals surface area contributed by atoms with Crippen LogP contribution in [0.1, 0.15) is 16.1 Å². The number of rotatable bonds is 5. The number of aromatic nitrogens is 3. The smallest absolute Gasteiger partial charge is 0.319 e. The average molecular weight is 340 g/mol. The maximum atomic E-state index is 12.0. The van der Waals surface area contributed by atoms with Crippen LogP contribution < -0.4 is 16.0 Å². The van der Waals surface area contributed by atoms with E-state index in [2.05, 4.69) is 26.1 Å². The minimum Gasteiger partial charge on any atom is -0.349 e. The molecule has 0 saturated carbocycles. The third-order valence-corrected chi connectivity index (χ3v) is 3.90. The number of amides is 3. The van der Waals surface area contributed by atoms with Crippen molar-refractivity contribution < 1.29 is 9.59 Å². The molecule has 0 aliphatic carbocycles. The van der Waals surface area contributed by atoms with Gasteiger partial charge in [-0.25, -0.2) is 4.79 Å². The first-order chi connectivity index (χ1) is 12.0. The Labute approximate surface area is 144 Å². The molecule has 0 radical (unpaired) electrons. The largest absolute Gasteiger partial charge is 0.349 e. The third-order valence-electron chi connectivity index (χ3n) is 3.90. The Morgan fingerprint density at radius 3 is 2.80 bits per heavy atom. The average Bonchev–Trinajstić information content (AvgIpc) is 3.20. The number of hydrogen-bond acceptors (Lipinski definition) is 3. The topological polar surface area (TPSA) is 104 Å². The molecule has 0 aliphatic rings. The molecule has 0 fully saturated rings. The summed E-state index contributed by atoms with van der Waals surface area (Å²) in [4.78, 5) is 23.9. The number of anilines is 1. The number of nitrogens with zero attached hydrogens (tertiary/aromatic N) is 2. The van der Waals surface area contributed by atoms with Crippen molar-refractivity contribution in [2.45, 2.75) is 6.92 Å². The fourth-order valence-corrected chi connectivity index (χ4v) is 2.62. The summed E-state index contributed by atoms with van der Waals surface area (Å²) in [5.74, 6) is -0.171. The Morgan fingerprint density at radius 1 is 1.24 bits per heavy atom. The number of carbonyl (C=O) groups is 2. The number of nitrogens with one attached hydrogen (secondary N) is 4. The van der Waals surface area contributed by atoms with Gasteiger partial charge in [0.1, 0.15) is 5.69 Å². The zero-order valence-corrected chi connectivity index (χ0v) is 14.1. The summed E-state index contributed by atoms with van der Waals surface area (Å²) in [5, 5.41) is 16.1. The highest BCUT2D eigenvalue weighted by Gasteiger charge is 2.08. The summed E-state index contributed by atoms with van der Waals surface area (Å²) >= 11 is 0. The minimum atomic E-state index is -0.327. The van der Waals surface area contributed by atoms with Crippen molar-refractivity contribution in [2.24, 2.45) is 7.05 Å². The Balaban J connectivity index is 1.46. The normalized spacial score (nSPS) is 10.6. The van der Waals surface area contributed by atoms with Crippen molar-refractivity contribution in [1.29, 1.82) is 0 Å². The molecule has 8 nitrogen and oxygen atoms in total. The number of urea groups is 1. The van der Waals surface area contributed by atoms with Crippen LogP contribution >= 0.6 is 0 Å². The van der Waals surface area contributed by atoms with E-state index in [1.54, 1.807) is 36.1 Å². The molecule has 1 aromatic carbocycles. The van der Waals surface area contributed by atoms with Gasteiger partial charge in [-0.05, 0) is 36.8 Å². The lowest BCUT2D eigenvalue weighted by Crippen LogP contribution is -2.37. The fraction of sp³-hybridized carbons (Fsp3) is 0.235. The third kappa shape index (κ3) is 3.79. The second-order valence-electron chi connectivity index (χ2n) is 5.77. The first kappa shape index (κ1) is 16.6. The van der Waals surface area contributed by atoms with Crippen molar-refractivity contribution >= 4 is 28.5 Å². The van der Waals surface area contributed by atoms with Crippen molar-refractivity contribution in [2.75, 3.05) is 18.4 Å². The molecule has 3 aromatic rings. The minimum absolute atomic E-state index is 0.171. The van der Waals surface area contributed by atoms with Gasteiger partial charge in [0.05, 0.1) is 11.7 Å². The summed E-state index contributed by atoms with van der Waals surface area (Å²) in [6, 6.07) is 6.93. The van der Waals surface area contributed by atoms with Crippen molar-refractivity contribution in [3.8, 4) is 0 Å². The molecule has 2 heterocycles. The van der Waals surface area contributed by atoms with E-state index < -0.39 is 0 Å². The van der Waals surface area contributed by atoms with Crippen LogP contribution in [0.4, 0.5) is 10.5 Å². The second-order valence-corrected chi connectivity index (χ2v) is 5.77. The number of carbonyl (C=O) groups excluding carboxylic acids is 2. The zero-order chi connectivity index (χ0) is 17.8. The lowest BCUT2D eigenvalue weighted by atomic mass is 10.1. The molecule has 0 spiro atoms. The van der Waals surface area contributed by atoms with Crippen LogP contribution in [0, 0.1) is 6.92 Å². The predicted octanol–water partition coefficient (Wildman–Crippen LogP) is 1.76. The molecule has 0 atom stereocenters. The van der Waals surface area contributed by atoms with Gasteiger partial charge >= 0.3 is 6.03 Å². The van der Waals surface area contributed by atoms with E-state index >= 15 is 0 Å². The van der Waals surface area contributed by atoms with Crippen LogP contribution in [-0.4, -0.2) is 39.8 Å². The van der Waals surface area contributed by atoms with Crippen LogP contribution in [0.3, 0.4) is 0 Å². The van der Waals surface area contributed by atoms with Crippen LogP contribution in [0.5, 0.6) is 0 Å². The summed E-state index contributed by atoms with van der Waals surface area (Å²) in [5.41, 5.74) is 3.15. The molecule has 130 valence electrons. The van der Waals surface area contributed by atoms with Gasteiger partial charge in [0.15, 0.2) is 0 Å². The highest BCUT2D eigenvalue weighted by Crippen LogP contribution is 2.21. The number of H-pyrrole nitrogens is 1. The van der Waals surface area contributed by atoms with Crippen LogP contribution in [0.15, 0.2) is 36.7 Å². The maximum Gasteiger partial charge on any atom is 0.319 e. The fourth-order valence-electron chi connectivity index (χ4n) is 2.62. The number of hydrogen-bond donors (Lipinski definition) is 4.